The fourth-order valence-electron chi connectivity index (χ4n) is 2.45. The number of rotatable bonds is 6. The first-order chi connectivity index (χ1) is 12.0. The van der Waals surface area contributed by atoms with Gasteiger partial charge in [-0.25, -0.2) is 8.42 Å². The maximum atomic E-state index is 13.1. The van der Waals surface area contributed by atoms with Crippen LogP contribution in [0, 0.1) is 0 Å². The first-order valence-electron chi connectivity index (χ1n) is 7.62. The zero-order chi connectivity index (χ0) is 17.9. The molecule has 1 aromatic heterocycles. The second-order valence-electron chi connectivity index (χ2n) is 5.57. The van der Waals surface area contributed by atoms with Crippen molar-refractivity contribution in [3.8, 4) is 5.75 Å². The van der Waals surface area contributed by atoms with Crippen molar-refractivity contribution in [1.82, 2.24) is 4.31 Å². The minimum Gasteiger partial charge on any atom is -0.504 e. The lowest BCUT2D eigenvalue weighted by molar-refractivity contribution is 0.397. The van der Waals surface area contributed by atoms with E-state index >= 15 is 0 Å². The summed E-state index contributed by atoms with van der Waals surface area (Å²) in [6, 6.07) is 18.7. The number of hydrogen-bond acceptors (Lipinski definition) is 5. The van der Waals surface area contributed by atoms with E-state index in [1.165, 1.54) is 9.69 Å². The number of hydrogen-bond donors (Lipinski definition) is 2. The van der Waals surface area contributed by atoms with Crippen molar-refractivity contribution in [2.75, 3.05) is 5.73 Å². The number of thiophene rings is 1. The molecule has 5 nitrogen and oxygen atoms in total. The average Bonchev–Trinajstić information content (AvgIpc) is 2.96. The molecule has 3 aromatic rings. The van der Waals surface area contributed by atoms with Crippen molar-refractivity contribution < 1.29 is 13.5 Å². The molecule has 0 saturated carbocycles. The highest BCUT2D eigenvalue weighted by molar-refractivity contribution is 7.91. The van der Waals surface area contributed by atoms with Crippen LogP contribution >= 0.6 is 11.3 Å². The van der Waals surface area contributed by atoms with Gasteiger partial charge in [0.2, 0.25) is 0 Å². The molecule has 3 rings (SSSR count). The summed E-state index contributed by atoms with van der Waals surface area (Å²) in [5.41, 5.74) is 7.43. The lowest BCUT2D eigenvalue weighted by Gasteiger charge is -2.22. The molecule has 0 bridgehead atoms. The Hall–Kier alpha value is -2.35. The van der Waals surface area contributed by atoms with Crippen molar-refractivity contribution >= 4 is 27.0 Å². The molecule has 3 N–H and O–H groups in total. The van der Waals surface area contributed by atoms with Crippen LogP contribution in [0.3, 0.4) is 0 Å². The number of aromatic hydroxyl groups is 1. The third-order valence-electron chi connectivity index (χ3n) is 3.74. The molecule has 0 spiro atoms. The number of benzene rings is 2. The summed E-state index contributed by atoms with van der Waals surface area (Å²) in [4.78, 5) is 0. The Morgan fingerprint density at radius 2 is 1.40 bits per heavy atom. The number of sulfonamides is 1. The van der Waals surface area contributed by atoms with Crippen LogP contribution in [0.1, 0.15) is 11.1 Å². The molecule has 0 radical (unpaired) electrons. The summed E-state index contributed by atoms with van der Waals surface area (Å²) in [7, 11) is -3.89. The summed E-state index contributed by atoms with van der Waals surface area (Å²) < 4.78 is 27.4. The van der Waals surface area contributed by atoms with Crippen LogP contribution in [0.2, 0.25) is 0 Å². The molecular formula is C18H18N2O3S2. The van der Waals surface area contributed by atoms with Crippen molar-refractivity contribution in [2.24, 2.45) is 0 Å². The number of anilines is 1. The van der Waals surface area contributed by atoms with Crippen molar-refractivity contribution in [3.05, 3.63) is 77.2 Å². The molecule has 0 aliphatic carbocycles. The summed E-state index contributed by atoms with van der Waals surface area (Å²) >= 11 is 0.928. The van der Waals surface area contributed by atoms with E-state index < -0.39 is 10.0 Å². The highest BCUT2D eigenvalue weighted by Gasteiger charge is 2.30. The highest BCUT2D eigenvalue weighted by atomic mass is 32.2. The van der Waals surface area contributed by atoms with E-state index in [9.17, 15) is 13.5 Å². The summed E-state index contributed by atoms with van der Waals surface area (Å²) in [5, 5.41) is 11.5. The molecule has 0 aliphatic rings. The van der Waals surface area contributed by atoms with E-state index in [1.807, 2.05) is 60.7 Å². The van der Waals surface area contributed by atoms with Gasteiger partial charge in [-0.1, -0.05) is 60.7 Å². The second-order valence-corrected chi connectivity index (χ2v) is 8.58. The molecule has 0 fully saturated rings. The Balaban J connectivity index is 1.99. The molecule has 0 atom stereocenters. The van der Waals surface area contributed by atoms with Crippen LogP contribution in [-0.4, -0.2) is 17.8 Å². The molecule has 0 amide bonds. The lowest BCUT2D eigenvalue weighted by Crippen LogP contribution is -2.29. The SMILES string of the molecule is Nc1csc(S(=O)(=O)N(Cc2ccccc2)Cc2ccccc2)c1O. The van der Waals surface area contributed by atoms with Gasteiger partial charge < -0.3 is 10.8 Å². The van der Waals surface area contributed by atoms with Gasteiger partial charge in [0.1, 0.15) is 0 Å². The Labute approximate surface area is 151 Å². The minimum absolute atomic E-state index is 0.0722. The quantitative estimate of drug-likeness (QED) is 0.692. The van der Waals surface area contributed by atoms with E-state index in [4.69, 9.17) is 5.73 Å². The van der Waals surface area contributed by atoms with Crippen LogP contribution in [0.25, 0.3) is 0 Å². The van der Waals surface area contributed by atoms with Gasteiger partial charge in [0, 0.05) is 18.5 Å². The Bertz CT molecular complexity index is 897. The monoisotopic (exact) mass is 374 g/mol. The van der Waals surface area contributed by atoms with Gasteiger partial charge >= 0.3 is 0 Å². The molecule has 0 aliphatic heterocycles. The van der Waals surface area contributed by atoms with Gasteiger partial charge in [0.25, 0.3) is 10.0 Å². The van der Waals surface area contributed by atoms with E-state index in [2.05, 4.69) is 0 Å². The van der Waals surface area contributed by atoms with Gasteiger partial charge in [-0.3, -0.25) is 0 Å². The first-order valence-corrected chi connectivity index (χ1v) is 9.94. The van der Waals surface area contributed by atoms with Crippen LogP contribution in [0.4, 0.5) is 5.69 Å². The van der Waals surface area contributed by atoms with Gasteiger partial charge in [-0.05, 0) is 11.1 Å². The van der Waals surface area contributed by atoms with Crippen molar-refractivity contribution in [1.29, 1.82) is 0 Å². The lowest BCUT2D eigenvalue weighted by atomic mass is 10.2. The summed E-state index contributed by atoms with van der Waals surface area (Å²) in [5.74, 6) is -0.379. The van der Waals surface area contributed by atoms with Gasteiger partial charge in [-0.2, -0.15) is 4.31 Å². The van der Waals surface area contributed by atoms with E-state index in [1.54, 1.807) is 0 Å². The predicted molar refractivity (Wildman–Crippen MR) is 99.7 cm³/mol. The smallest absolute Gasteiger partial charge is 0.256 e. The Morgan fingerprint density at radius 1 is 0.920 bits per heavy atom. The Kier molecular flexibility index (Phi) is 5.08. The third-order valence-corrected chi connectivity index (χ3v) is 7.04. The van der Waals surface area contributed by atoms with E-state index in [-0.39, 0.29) is 28.7 Å². The molecule has 0 unspecified atom stereocenters. The van der Waals surface area contributed by atoms with Gasteiger partial charge in [0.15, 0.2) is 9.96 Å². The highest BCUT2D eigenvalue weighted by Crippen LogP contribution is 2.38. The zero-order valence-corrected chi connectivity index (χ0v) is 15.0. The molecule has 0 saturated heterocycles. The maximum absolute atomic E-state index is 13.1. The number of nitrogens with two attached hydrogens (primary N) is 1. The topological polar surface area (TPSA) is 83.6 Å². The normalized spacial score (nSPS) is 11.7. The minimum atomic E-state index is -3.89. The number of nitrogen functional groups attached to an aromatic ring is 1. The number of nitrogens with zero attached hydrogens (tertiary/aromatic N) is 1. The molecule has 2 aromatic carbocycles. The fourth-order valence-corrected chi connectivity index (χ4v) is 5.20. The van der Waals surface area contributed by atoms with Crippen LogP contribution in [0.5, 0.6) is 5.75 Å². The first kappa shape index (κ1) is 17.5. The van der Waals surface area contributed by atoms with Crippen molar-refractivity contribution in [3.63, 3.8) is 0 Å². The summed E-state index contributed by atoms with van der Waals surface area (Å²) in [6.07, 6.45) is 0. The molecule has 7 heteroatoms. The van der Waals surface area contributed by atoms with E-state index in [0.717, 1.165) is 22.5 Å². The molecule has 130 valence electrons. The third kappa shape index (κ3) is 3.84. The molecule has 1 heterocycles. The van der Waals surface area contributed by atoms with Crippen molar-refractivity contribution in [2.45, 2.75) is 17.3 Å². The van der Waals surface area contributed by atoms with Crippen LogP contribution < -0.4 is 5.73 Å². The largest absolute Gasteiger partial charge is 0.504 e. The average molecular weight is 374 g/mol. The summed E-state index contributed by atoms with van der Waals surface area (Å²) in [6.45, 7) is 0.407. The predicted octanol–water partition coefficient (Wildman–Crippen LogP) is 3.43. The standard InChI is InChI=1S/C18H18N2O3S2/c19-16-13-24-18(17(16)21)25(22,23)20(11-14-7-3-1-4-8-14)12-15-9-5-2-6-10-15/h1-10,13,21H,11-12,19H2. The fraction of sp³-hybridized carbons (Fsp3) is 0.111. The van der Waals surface area contributed by atoms with Gasteiger partial charge in [0.05, 0.1) is 5.69 Å². The zero-order valence-electron chi connectivity index (χ0n) is 13.4. The van der Waals surface area contributed by atoms with Crippen LogP contribution in [0.15, 0.2) is 70.3 Å². The molecule has 25 heavy (non-hydrogen) atoms. The van der Waals surface area contributed by atoms with Gasteiger partial charge in [-0.15, -0.1) is 11.3 Å². The second kappa shape index (κ2) is 7.26. The van der Waals surface area contributed by atoms with E-state index in [0.29, 0.717) is 0 Å². The maximum Gasteiger partial charge on any atom is 0.256 e. The molecular weight excluding hydrogens is 356 g/mol. The van der Waals surface area contributed by atoms with Crippen LogP contribution in [-0.2, 0) is 23.1 Å². The Morgan fingerprint density at radius 3 is 1.80 bits per heavy atom.